The number of nitrogens with one attached hydrogen (secondary N) is 1. The van der Waals surface area contributed by atoms with Gasteiger partial charge < -0.3 is 5.11 Å². The highest BCUT2D eigenvalue weighted by Crippen LogP contribution is 2.23. The van der Waals surface area contributed by atoms with Crippen molar-refractivity contribution in [2.45, 2.75) is 38.3 Å². The molecule has 0 radical (unpaired) electrons. The molecule has 0 saturated heterocycles. The highest BCUT2D eigenvalue weighted by Gasteiger charge is 2.27. The van der Waals surface area contributed by atoms with Crippen LogP contribution in [0.15, 0.2) is 16.5 Å². The molecule has 7 nitrogen and oxygen atoms in total. The number of aliphatic hydroxyl groups excluding tert-OH is 1. The summed E-state index contributed by atoms with van der Waals surface area (Å²) in [5, 5.41) is 15.7. The van der Waals surface area contributed by atoms with Gasteiger partial charge in [-0.2, -0.15) is 5.10 Å². The minimum absolute atomic E-state index is 0.0929. The molecule has 116 valence electrons. The summed E-state index contributed by atoms with van der Waals surface area (Å²) in [6, 6.07) is -0.407. The molecule has 2 rings (SSSR count). The quantitative estimate of drug-likeness (QED) is 0.823. The molecule has 0 aliphatic rings. The summed E-state index contributed by atoms with van der Waals surface area (Å²) in [5.74, 6) is 0. The van der Waals surface area contributed by atoms with Gasteiger partial charge >= 0.3 is 0 Å². The summed E-state index contributed by atoms with van der Waals surface area (Å²) in [6.45, 7) is 5.25. The van der Waals surface area contributed by atoms with Crippen molar-refractivity contribution in [2.75, 3.05) is 6.61 Å². The molecule has 0 spiro atoms. The second kappa shape index (κ2) is 6.22. The van der Waals surface area contributed by atoms with Gasteiger partial charge in [0.15, 0.2) is 0 Å². The summed E-state index contributed by atoms with van der Waals surface area (Å²) in [4.78, 5) is 4.28. The van der Waals surface area contributed by atoms with Crippen LogP contribution < -0.4 is 4.72 Å². The van der Waals surface area contributed by atoms with E-state index in [1.165, 1.54) is 16.0 Å². The van der Waals surface area contributed by atoms with Crippen molar-refractivity contribution in [2.24, 2.45) is 0 Å². The number of thiazole rings is 1. The first-order valence-electron chi connectivity index (χ1n) is 6.43. The number of hydrogen-bond donors (Lipinski definition) is 2. The lowest BCUT2D eigenvalue weighted by Crippen LogP contribution is -2.27. The summed E-state index contributed by atoms with van der Waals surface area (Å²) < 4.78 is 29.2. The predicted octanol–water partition coefficient (Wildman–Crippen LogP) is 0.988. The number of nitrogens with zero attached hydrogens (tertiary/aromatic N) is 3. The van der Waals surface area contributed by atoms with Crippen molar-refractivity contribution in [3.8, 4) is 0 Å². The van der Waals surface area contributed by atoms with E-state index in [2.05, 4.69) is 14.8 Å². The lowest BCUT2D eigenvalue weighted by molar-refractivity contribution is 0.267. The molecule has 2 aromatic rings. The van der Waals surface area contributed by atoms with Gasteiger partial charge in [0.1, 0.15) is 9.90 Å². The fraction of sp³-hybridized carbons (Fsp3) is 0.500. The van der Waals surface area contributed by atoms with E-state index in [1.54, 1.807) is 32.3 Å². The number of sulfonamides is 1. The van der Waals surface area contributed by atoms with E-state index in [-0.39, 0.29) is 18.0 Å². The van der Waals surface area contributed by atoms with E-state index in [0.29, 0.717) is 16.4 Å². The van der Waals surface area contributed by atoms with Crippen LogP contribution in [0, 0.1) is 13.8 Å². The summed E-state index contributed by atoms with van der Waals surface area (Å²) in [6.07, 6.45) is 1.64. The van der Waals surface area contributed by atoms with Gasteiger partial charge in [-0.15, -0.1) is 11.3 Å². The molecule has 0 fully saturated rings. The summed E-state index contributed by atoms with van der Waals surface area (Å²) in [7, 11) is -3.69. The SMILES string of the molecule is Cc1nn(CCO)c(C)c1S(=O)(=O)NC(C)c1nccs1. The molecule has 0 aliphatic carbocycles. The molecule has 0 aliphatic heterocycles. The van der Waals surface area contributed by atoms with Crippen LogP contribution in [0.1, 0.15) is 29.4 Å². The third-order valence-corrected chi connectivity index (χ3v) is 5.80. The van der Waals surface area contributed by atoms with Crippen molar-refractivity contribution in [1.29, 1.82) is 0 Å². The molecular formula is C12H18N4O3S2. The Morgan fingerprint density at radius 3 is 2.76 bits per heavy atom. The molecule has 0 bridgehead atoms. The third-order valence-electron chi connectivity index (χ3n) is 3.05. The Hall–Kier alpha value is -1.29. The zero-order valence-corrected chi connectivity index (χ0v) is 13.7. The van der Waals surface area contributed by atoms with Crippen LogP contribution in [-0.4, -0.2) is 34.9 Å². The Morgan fingerprint density at radius 1 is 1.48 bits per heavy atom. The van der Waals surface area contributed by atoms with Gasteiger partial charge in [0.25, 0.3) is 0 Å². The number of aromatic nitrogens is 3. The Kier molecular flexibility index (Phi) is 4.77. The molecule has 1 atom stereocenters. The zero-order chi connectivity index (χ0) is 15.6. The molecule has 0 aromatic carbocycles. The van der Waals surface area contributed by atoms with Gasteiger partial charge in [0.05, 0.1) is 30.6 Å². The summed E-state index contributed by atoms with van der Waals surface area (Å²) in [5.41, 5.74) is 0.931. The number of aliphatic hydroxyl groups is 1. The Bertz CT molecular complexity index is 707. The number of hydrogen-bond acceptors (Lipinski definition) is 6. The average molecular weight is 330 g/mol. The highest BCUT2D eigenvalue weighted by atomic mass is 32.2. The molecule has 2 N–H and O–H groups in total. The van der Waals surface area contributed by atoms with Crippen LogP contribution in [0.5, 0.6) is 0 Å². The van der Waals surface area contributed by atoms with Crippen molar-refractivity contribution >= 4 is 21.4 Å². The van der Waals surface area contributed by atoms with Gasteiger partial charge in [0.2, 0.25) is 10.0 Å². The van der Waals surface area contributed by atoms with Crippen LogP contribution in [0.4, 0.5) is 0 Å². The standard InChI is InChI=1S/C12H18N4O3S2/c1-8-11(10(3)16(14-8)5-6-17)21(18,19)15-9(2)12-13-4-7-20-12/h4,7,9,15,17H,5-6H2,1-3H3. The van der Waals surface area contributed by atoms with E-state index in [9.17, 15) is 8.42 Å². The van der Waals surface area contributed by atoms with E-state index >= 15 is 0 Å². The van der Waals surface area contributed by atoms with Gasteiger partial charge in [-0.3, -0.25) is 4.68 Å². The first-order chi connectivity index (χ1) is 9.86. The van der Waals surface area contributed by atoms with Gasteiger partial charge in [0, 0.05) is 11.6 Å². The number of aryl methyl sites for hydroxylation is 1. The number of rotatable bonds is 6. The Balaban J connectivity index is 2.32. The van der Waals surface area contributed by atoms with E-state index in [4.69, 9.17) is 5.11 Å². The Morgan fingerprint density at radius 2 is 2.19 bits per heavy atom. The van der Waals surface area contributed by atoms with Crippen molar-refractivity contribution < 1.29 is 13.5 Å². The molecule has 0 amide bonds. The van der Waals surface area contributed by atoms with Gasteiger partial charge in [-0.05, 0) is 20.8 Å². The van der Waals surface area contributed by atoms with Crippen LogP contribution in [0.2, 0.25) is 0 Å². The molecule has 2 aromatic heterocycles. The fourth-order valence-corrected chi connectivity index (χ4v) is 4.51. The van der Waals surface area contributed by atoms with Gasteiger partial charge in [-0.1, -0.05) is 0 Å². The zero-order valence-electron chi connectivity index (χ0n) is 12.1. The van der Waals surface area contributed by atoms with Crippen molar-refractivity contribution in [3.63, 3.8) is 0 Å². The minimum atomic E-state index is -3.69. The lowest BCUT2D eigenvalue weighted by Gasteiger charge is -2.12. The first kappa shape index (κ1) is 16.1. The van der Waals surface area contributed by atoms with Crippen molar-refractivity contribution in [3.05, 3.63) is 28.0 Å². The smallest absolute Gasteiger partial charge is 0.244 e. The van der Waals surface area contributed by atoms with Crippen LogP contribution >= 0.6 is 11.3 Å². The maximum atomic E-state index is 12.5. The van der Waals surface area contributed by atoms with Crippen molar-refractivity contribution in [1.82, 2.24) is 19.5 Å². The first-order valence-corrected chi connectivity index (χ1v) is 8.79. The Labute approximate surface area is 127 Å². The van der Waals surface area contributed by atoms with E-state index in [0.717, 1.165) is 0 Å². The maximum Gasteiger partial charge on any atom is 0.244 e. The van der Waals surface area contributed by atoms with Gasteiger partial charge in [-0.25, -0.2) is 18.1 Å². The van der Waals surface area contributed by atoms with E-state index in [1.807, 2.05) is 0 Å². The topological polar surface area (TPSA) is 97.1 Å². The molecule has 9 heteroatoms. The normalized spacial score (nSPS) is 13.5. The fourth-order valence-electron chi connectivity index (χ4n) is 2.17. The minimum Gasteiger partial charge on any atom is -0.394 e. The monoisotopic (exact) mass is 330 g/mol. The second-order valence-electron chi connectivity index (χ2n) is 4.66. The predicted molar refractivity (Wildman–Crippen MR) is 79.6 cm³/mol. The molecule has 21 heavy (non-hydrogen) atoms. The lowest BCUT2D eigenvalue weighted by atomic mass is 10.4. The van der Waals surface area contributed by atoms with Crippen LogP contribution in [-0.2, 0) is 16.6 Å². The largest absolute Gasteiger partial charge is 0.394 e. The maximum absolute atomic E-state index is 12.5. The molecular weight excluding hydrogens is 312 g/mol. The van der Waals surface area contributed by atoms with E-state index < -0.39 is 16.1 Å². The van der Waals surface area contributed by atoms with Crippen LogP contribution in [0.25, 0.3) is 0 Å². The average Bonchev–Trinajstić information content (AvgIpc) is 2.98. The van der Waals surface area contributed by atoms with Crippen LogP contribution in [0.3, 0.4) is 0 Å². The molecule has 1 unspecified atom stereocenters. The second-order valence-corrected chi connectivity index (χ2v) is 7.24. The third kappa shape index (κ3) is 3.31. The summed E-state index contributed by atoms with van der Waals surface area (Å²) >= 11 is 1.40. The highest BCUT2D eigenvalue weighted by molar-refractivity contribution is 7.89. The molecule has 2 heterocycles. The molecule has 0 saturated carbocycles.